The van der Waals surface area contributed by atoms with Crippen LogP contribution in [0.1, 0.15) is 44.1 Å². The van der Waals surface area contributed by atoms with Crippen LogP contribution in [0.5, 0.6) is 0 Å². The molecule has 0 spiro atoms. The molecule has 0 saturated carbocycles. The first-order chi connectivity index (χ1) is 12.4. The van der Waals surface area contributed by atoms with E-state index in [4.69, 9.17) is 10.7 Å². The molecule has 0 radical (unpaired) electrons. The maximum absolute atomic E-state index is 5.46. The van der Waals surface area contributed by atoms with E-state index in [0.29, 0.717) is 0 Å². The van der Waals surface area contributed by atoms with Crippen LogP contribution < -0.4 is 21.7 Å². The zero-order chi connectivity index (χ0) is 17.6. The van der Waals surface area contributed by atoms with Crippen LogP contribution in [0.3, 0.4) is 0 Å². The Morgan fingerprint density at radius 1 is 0.923 bits per heavy atom. The normalized spacial score (nSPS) is 15.0. The fourth-order valence-corrected chi connectivity index (χ4v) is 3.04. The summed E-state index contributed by atoms with van der Waals surface area (Å²) in [6.07, 6.45) is 8.00. The number of halogens is 1. The number of aryl methyl sites for hydroxylation is 1. The Labute approximate surface area is 165 Å². The molecule has 1 aliphatic rings. The molecule has 5 N–H and O–H groups in total. The Morgan fingerprint density at radius 2 is 1.62 bits per heavy atom. The van der Waals surface area contributed by atoms with Crippen molar-refractivity contribution in [3.05, 3.63) is 29.8 Å². The molecular formula is C20H36ClN5. The molecule has 0 amide bonds. The van der Waals surface area contributed by atoms with E-state index in [-0.39, 0.29) is 12.4 Å². The summed E-state index contributed by atoms with van der Waals surface area (Å²) in [6.45, 7) is 5.97. The topological polar surface area (TPSA) is 74.5 Å². The predicted octanol–water partition coefficient (Wildman–Crippen LogP) is 2.95. The van der Waals surface area contributed by atoms with Gasteiger partial charge < -0.3 is 21.7 Å². The number of aliphatic imine (C=N–C) groups is 1. The average molecular weight is 382 g/mol. The molecule has 2 rings (SSSR count). The van der Waals surface area contributed by atoms with E-state index in [0.717, 1.165) is 70.8 Å². The van der Waals surface area contributed by atoms with Crippen LogP contribution in [0.2, 0.25) is 0 Å². The van der Waals surface area contributed by atoms with Gasteiger partial charge in [-0.05, 0) is 82.9 Å². The highest BCUT2D eigenvalue weighted by Crippen LogP contribution is 2.21. The number of nitrogens with two attached hydrogens (primary N) is 1. The van der Waals surface area contributed by atoms with E-state index in [1.54, 1.807) is 0 Å². The monoisotopic (exact) mass is 381 g/mol. The standard InChI is InChI=1S/C20H35N5.ClH/c21-12-6-15-22-13-3-4-14-23-16-7-17-24-20-11-5-9-18-8-1-2-10-19(18)25-20;/h1-2,8,10,22-23H,3-7,9,11-17,21H2,(H,24,25);1H. The van der Waals surface area contributed by atoms with Crippen molar-refractivity contribution in [2.45, 2.75) is 44.9 Å². The van der Waals surface area contributed by atoms with Crippen molar-refractivity contribution in [2.75, 3.05) is 44.6 Å². The van der Waals surface area contributed by atoms with Crippen molar-refractivity contribution >= 4 is 23.9 Å². The zero-order valence-corrected chi connectivity index (χ0v) is 16.8. The van der Waals surface area contributed by atoms with Gasteiger partial charge in [-0.2, -0.15) is 0 Å². The average Bonchev–Trinajstić information content (AvgIpc) is 2.84. The fraction of sp³-hybridized carbons (Fsp3) is 0.650. The second-order valence-electron chi connectivity index (χ2n) is 6.67. The summed E-state index contributed by atoms with van der Waals surface area (Å²) >= 11 is 0. The fourth-order valence-electron chi connectivity index (χ4n) is 3.04. The third kappa shape index (κ3) is 9.53. The molecule has 6 heteroatoms. The first kappa shape index (κ1) is 22.9. The molecule has 1 aliphatic heterocycles. The van der Waals surface area contributed by atoms with Gasteiger partial charge in [0.15, 0.2) is 0 Å². The Bertz CT molecular complexity index is 507. The number of nitrogens with zero attached hydrogens (tertiary/aromatic N) is 1. The molecule has 0 unspecified atom stereocenters. The summed E-state index contributed by atoms with van der Waals surface area (Å²) in [6, 6.07) is 8.57. The molecule has 26 heavy (non-hydrogen) atoms. The minimum absolute atomic E-state index is 0. The van der Waals surface area contributed by atoms with Crippen LogP contribution in [0, 0.1) is 0 Å². The zero-order valence-electron chi connectivity index (χ0n) is 15.9. The first-order valence-electron chi connectivity index (χ1n) is 9.90. The van der Waals surface area contributed by atoms with Crippen molar-refractivity contribution < 1.29 is 0 Å². The number of anilines is 1. The summed E-state index contributed by atoms with van der Waals surface area (Å²) in [5, 5.41) is 10.4. The maximum atomic E-state index is 5.46. The van der Waals surface area contributed by atoms with Crippen LogP contribution >= 0.6 is 12.4 Å². The third-order valence-electron chi connectivity index (χ3n) is 4.49. The van der Waals surface area contributed by atoms with Crippen molar-refractivity contribution in [1.29, 1.82) is 0 Å². The summed E-state index contributed by atoms with van der Waals surface area (Å²) in [7, 11) is 0. The Kier molecular flexibility index (Phi) is 13.2. The van der Waals surface area contributed by atoms with Crippen LogP contribution in [0.4, 0.5) is 5.69 Å². The molecule has 148 valence electrons. The lowest BCUT2D eigenvalue weighted by Crippen LogP contribution is -2.22. The molecule has 0 saturated heterocycles. The van der Waals surface area contributed by atoms with Gasteiger partial charge >= 0.3 is 0 Å². The summed E-state index contributed by atoms with van der Waals surface area (Å²) < 4.78 is 0. The number of benzene rings is 1. The smallest absolute Gasteiger partial charge is 0.101 e. The van der Waals surface area contributed by atoms with Gasteiger partial charge in [0.1, 0.15) is 5.84 Å². The first-order valence-corrected chi connectivity index (χ1v) is 9.90. The van der Waals surface area contributed by atoms with Crippen molar-refractivity contribution in [1.82, 2.24) is 10.6 Å². The number of amidine groups is 1. The van der Waals surface area contributed by atoms with Gasteiger partial charge in [-0.3, -0.25) is 4.99 Å². The van der Waals surface area contributed by atoms with E-state index in [1.807, 2.05) is 0 Å². The molecule has 1 aromatic rings. The minimum atomic E-state index is 0. The van der Waals surface area contributed by atoms with Gasteiger partial charge in [-0.25, -0.2) is 0 Å². The van der Waals surface area contributed by atoms with Crippen LogP contribution in [-0.4, -0.2) is 45.1 Å². The Balaban J connectivity index is 0.00000338. The summed E-state index contributed by atoms with van der Waals surface area (Å²) in [5.41, 5.74) is 8.10. The van der Waals surface area contributed by atoms with Gasteiger partial charge in [0.05, 0.1) is 0 Å². The number of unbranched alkanes of at least 4 members (excludes halogenated alkanes) is 1. The quantitative estimate of drug-likeness (QED) is 0.420. The molecule has 0 atom stereocenters. The molecule has 0 fully saturated rings. The van der Waals surface area contributed by atoms with Crippen LogP contribution in [0.25, 0.3) is 0 Å². The highest BCUT2D eigenvalue weighted by atomic mass is 35.5. The molecule has 0 aliphatic carbocycles. The van der Waals surface area contributed by atoms with Gasteiger partial charge in [0.2, 0.25) is 0 Å². The predicted molar refractivity (Wildman–Crippen MR) is 116 cm³/mol. The largest absolute Gasteiger partial charge is 0.344 e. The van der Waals surface area contributed by atoms with Crippen LogP contribution in [-0.2, 0) is 6.42 Å². The number of hydrogen-bond acceptors (Lipinski definition) is 4. The van der Waals surface area contributed by atoms with Crippen molar-refractivity contribution in [3.8, 4) is 0 Å². The molecular weight excluding hydrogens is 346 g/mol. The van der Waals surface area contributed by atoms with E-state index in [1.165, 1.54) is 30.5 Å². The number of nitrogens with one attached hydrogen (secondary N) is 3. The molecule has 5 nitrogen and oxygen atoms in total. The van der Waals surface area contributed by atoms with Gasteiger partial charge in [-0.15, -0.1) is 12.4 Å². The van der Waals surface area contributed by atoms with E-state index >= 15 is 0 Å². The highest BCUT2D eigenvalue weighted by Gasteiger charge is 2.10. The lowest BCUT2D eigenvalue weighted by molar-refractivity contribution is 0.570. The lowest BCUT2D eigenvalue weighted by Gasteiger charge is -2.09. The molecule has 0 aromatic heterocycles. The molecule has 1 heterocycles. The minimum Gasteiger partial charge on any atom is -0.344 e. The summed E-state index contributed by atoms with van der Waals surface area (Å²) in [4.78, 5) is 4.76. The molecule has 0 bridgehead atoms. The van der Waals surface area contributed by atoms with Crippen molar-refractivity contribution in [2.24, 2.45) is 10.7 Å². The van der Waals surface area contributed by atoms with E-state index in [2.05, 4.69) is 40.2 Å². The van der Waals surface area contributed by atoms with E-state index in [9.17, 15) is 0 Å². The SMILES string of the molecule is Cl.NCCCNCCCCNCCCN=C1CCCc2ccccc2N1. The van der Waals surface area contributed by atoms with Gasteiger partial charge in [0, 0.05) is 18.7 Å². The van der Waals surface area contributed by atoms with Gasteiger partial charge in [0.25, 0.3) is 0 Å². The highest BCUT2D eigenvalue weighted by molar-refractivity contribution is 5.96. The number of para-hydroxylation sites is 1. The van der Waals surface area contributed by atoms with Crippen LogP contribution in [0.15, 0.2) is 29.3 Å². The second-order valence-corrected chi connectivity index (χ2v) is 6.67. The molecule has 1 aromatic carbocycles. The maximum Gasteiger partial charge on any atom is 0.101 e. The van der Waals surface area contributed by atoms with Crippen molar-refractivity contribution in [3.63, 3.8) is 0 Å². The number of rotatable bonds is 12. The van der Waals surface area contributed by atoms with Gasteiger partial charge in [-0.1, -0.05) is 18.2 Å². The van der Waals surface area contributed by atoms with E-state index < -0.39 is 0 Å². The Morgan fingerprint density at radius 3 is 2.38 bits per heavy atom. The third-order valence-corrected chi connectivity index (χ3v) is 4.49. The summed E-state index contributed by atoms with van der Waals surface area (Å²) in [5.74, 6) is 1.15. The lowest BCUT2D eigenvalue weighted by atomic mass is 10.1. The second kappa shape index (κ2) is 15.0. The Hall–Kier alpha value is -1.14. The number of fused-ring (bicyclic) bond motifs is 1. The number of hydrogen-bond donors (Lipinski definition) is 4.